The Morgan fingerprint density at radius 3 is 2.38 bits per heavy atom. The van der Waals surface area contributed by atoms with Gasteiger partial charge in [-0.3, -0.25) is 10.0 Å². The van der Waals surface area contributed by atoms with Crippen LogP contribution >= 0.6 is 0 Å². The first-order valence-electron chi connectivity index (χ1n) is 13.9. The van der Waals surface area contributed by atoms with E-state index in [-0.39, 0.29) is 5.60 Å². The number of likely N-dealkylation sites (tertiary alicyclic amines) is 1. The third-order valence-corrected chi connectivity index (χ3v) is 9.29. The van der Waals surface area contributed by atoms with Gasteiger partial charge in [-0.05, 0) is 84.7 Å². The Morgan fingerprint density at radius 1 is 0.900 bits per heavy atom. The highest BCUT2D eigenvalue weighted by molar-refractivity contribution is 7.98. The molecular formula is C32H33N5O2S. The number of hydrogen-bond acceptors (Lipinski definition) is 5. The Labute approximate surface area is 234 Å². The molecule has 7 nitrogen and oxygen atoms in total. The van der Waals surface area contributed by atoms with Crippen molar-refractivity contribution in [1.29, 1.82) is 0 Å². The Balaban J connectivity index is 1.15. The summed E-state index contributed by atoms with van der Waals surface area (Å²) in [4.78, 5) is 7.91. The van der Waals surface area contributed by atoms with Gasteiger partial charge in [-0.1, -0.05) is 48.9 Å². The summed E-state index contributed by atoms with van der Waals surface area (Å²) in [7, 11) is -2.86. The van der Waals surface area contributed by atoms with Gasteiger partial charge in [0.15, 0.2) is 5.65 Å². The molecule has 0 radical (unpaired) electrons. The average Bonchev–Trinajstić information content (AvgIpc) is 3.58. The molecule has 2 aromatic heterocycles. The van der Waals surface area contributed by atoms with Gasteiger partial charge in [0.05, 0.1) is 20.8 Å². The number of aromatic nitrogens is 3. The Bertz CT molecular complexity index is 1820. The third kappa shape index (κ3) is 4.76. The number of nitrogens with zero attached hydrogens (tertiary/aromatic N) is 4. The lowest BCUT2D eigenvalue weighted by atomic mass is 10.00. The second-order valence-corrected chi connectivity index (χ2v) is 13.1. The Kier molecular flexibility index (Phi) is 6.14. The first kappa shape index (κ1) is 25.3. The summed E-state index contributed by atoms with van der Waals surface area (Å²) >= 11 is 0. The number of nitrogens with two attached hydrogens (primary N) is 1. The highest BCUT2D eigenvalue weighted by atomic mass is 32.2. The molecule has 2 fully saturated rings. The first-order valence-corrected chi connectivity index (χ1v) is 15.7. The number of hydrogen-bond donors (Lipinski definition) is 1. The molecule has 7 rings (SSSR count). The molecular weight excluding hydrogens is 518 g/mol. The highest BCUT2D eigenvalue weighted by Crippen LogP contribution is 2.42. The fourth-order valence-corrected chi connectivity index (χ4v) is 6.79. The van der Waals surface area contributed by atoms with Crippen molar-refractivity contribution in [2.45, 2.75) is 42.6 Å². The van der Waals surface area contributed by atoms with Crippen LogP contribution in [0.5, 0.6) is 5.75 Å². The minimum atomic E-state index is -2.86. The Morgan fingerprint density at radius 2 is 1.65 bits per heavy atom. The summed E-state index contributed by atoms with van der Waals surface area (Å²) in [5.41, 5.74) is 4.62. The van der Waals surface area contributed by atoms with Gasteiger partial charge in [0, 0.05) is 30.1 Å². The van der Waals surface area contributed by atoms with Crippen LogP contribution in [0, 0.1) is 0 Å². The van der Waals surface area contributed by atoms with E-state index in [0.717, 1.165) is 63.8 Å². The minimum absolute atomic E-state index is 0.0125. The van der Waals surface area contributed by atoms with E-state index in [0.29, 0.717) is 4.90 Å². The van der Waals surface area contributed by atoms with Crippen molar-refractivity contribution in [2.75, 3.05) is 19.6 Å². The molecule has 1 saturated carbocycles. The van der Waals surface area contributed by atoms with E-state index in [1.54, 1.807) is 6.07 Å². The second-order valence-electron chi connectivity index (χ2n) is 11.2. The first-order chi connectivity index (χ1) is 19.4. The van der Waals surface area contributed by atoms with Crippen molar-refractivity contribution in [3.63, 3.8) is 0 Å². The van der Waals surface area contributed by atoms with Gasteiger partial charge in [-0.25, -0.2) is 13.7 Å². The van der Waals surface area contributed by atoms with Crippen molar-refractivity contribution in [3.05, 3.63) is 79.3 Å². The highest BCUT2D eigenvalue weighted by Gasteiger charge is 2.46. The molecule has 2 aliphatic rings. The molecule has 1 unspecified atom stereocenters. The predicted molar refractivity (Wildman–Crippen MR) is 162 cm³/mol. The molecule has 8 heteroatoms. The fraction of sp³-hybridized carbons (Fsp3) is 0.281. The van der Waals surface area contributed by atoms with Crippen LogP contribution in [0.3, 0.4) is 0 Å². The summed E-state index contributed by atoms with van der Waals surface area (Å²) in [5.74, 6) is 4.61. The van der Waals surface area contributed by atoms with Crippen LogP contribution in [-0.2, 0) is 9.71 Å². The zero-order chi connectivity index (χ0) is 27.3. The number of piperidine rings is 1. The smallest absolute Gasteiger partial charge is 0.162 e. The van der Waals surface area contributed by atoms with Crippen molar-refractivity contribution < 1.29 is 8.95 Å². The third-order valence-electron chi connectivity index (χ3n) is 8.19. The second kappa shape index (κ2) is 9.73. The van der Waals surface area contributed by atoms with E-state index in [1.165, 1.54) is 32.4 Å². The van der Waals surface area contributed by atoms with Gasteiger partial charge in [0.2, 0.25) is 0 Å². The summed E-state index contributed by atoms with van der Waals surface area (Å²) in [6.07, 6.45) is 11.9. The number of benzene rings is 3. The molecule has 1 atom stereocenters. The summed E-state index contributed by atoms with van der Waals surface area (Å²) in [6, 6.07) is 19.8. The van der Waals surface area contributed by atoms with Crippen LogP contribution in [0.15, 0.2) is 84.1 Å². The van der Waals surface area contributed by atoms with Crippen LogP contribution in [0.25, 0.3) is 38.7 Å². The van der Waals surface area contributed by atoms with Crippen molar-refractivity contribution >= 4 is 32.0 Å². The minimum Gasteiger partial charge on any atom is -0.486 e. The summed E-state index contributed by atoms with van der Waals surface area (Å²) in [5, 5.41) is 12.3. The van der Waals surface area contributed by atoms with Gasteiger partial charge in [0.25, 0.3) is 0 Å². The Hall–Kier alpha value is -3.72. The molecule has 3 aromatic carbocycles. The van der Waals surface area contributed by atoms with Crippen LogP contribution < -0.4 is 9.88 Å². The zero-order valence-corrected chi connectivity index (χ0v) is 23.3. The standard InChI is InChI=1S/C32H33N5O2S/c1-40(33,38)30-14-13-27(26-7-3-4-8-28(26)30)29-20-35-37-21-24(19-34-31(29)37)23-9-11-25(12-10-23)39-32(15-16-32)22-36-17-5-2-6-18-36/h3-4,7-14,19-21H,1-2,5-6,15-18,22H2,(H2,33,38). The predicted octanol–water partition coefficient (Wildman–Crippen LogP) is 5.56. The van der Waals surface area contributed by atoms with E-state index in [1.807, 2.05) is 53.4 Å². The molecule has 2 N–H and O–H groups in total. The van der Waals surface area contributed by atoms with E-state index in [2.05, 4.69) is 40.1 Å². The monoisotopic (exact) mass is 551 g/mol. The normalized spacial score (nSPS) is 18.5. The van der Waals surface area contributed by atoms with Crippen molar-refractivity contribution in [1.82, 2.24) is 19.5 Å². The zero-order valence-electron chi connectivity index (χ0n) is 22.5. The van der Waals surface area contributed by atoms with Crippen LogP contribution in [0.4, 0.5) is 0 Å². The van der Waals surface area contributed by atoms with Crippen LogP contribution in [0.1, 0.15) is 32.1 Å². The molecule has 5 aromatic rings. The average molecular weight is 552 g/mol. The molecule has 1 aliphatic carbocycles. The van der Waals surface area contributed by atoms with Gasteiger partial charge in [-0.2, -0.15) is 5.10 Å². The molecule has 0 bridgehead atoms. The quantitative estimate of drug-likeness (QED) is 0.268. The summed E-state index contributed by atoms with van der Waals surface area (Å²) < 4.78 is 20.9. The lowest BCUT2D eigenvalue weighted by Crippen LogP contribution is -2.40. The number of ether oxygens (including phenoxy) is 1. The topological polar surface area (TPSA) is 85.8 Å². The molecule has 40 heavy (non-hydrogen) atoms. The lowest BCUT2D eigenvalue weighted by molar-refractivity contribution is 0.101. The molecule has 0 amide bonds. The molecule has 3 heterocycles. The number of fused-ring (bicyclic) bond motifs is 2. The van der Waals surface area contributed by atoms with Crippen molar-refractivity contribution in [3.8, 4) is 28.0 Å². The largest absolute Gasteiger partial charge is 0.486 e. The van der Waals surface area contributed by atoms with E-state index in [9.17, 15) is 4.21 Å². The van der Waals surface area contributed by atoms with Crippen LogP contribution in [0.2, 0.25) is 0 Å². The maximum absolute atomic E-state index is 12.6. The molecule has 1 aliphatic heterocycles. The summed E-state index contributed by atoms with van der Waals surface area (Å²) in [6.45, 7) is 3.43. The molecule has 1 saturated heterocycles. The fourth-order valence-electron chi connectivity index (χ4n) is 5.94. The van der Waals surface area contributed by atoms with E-state index in [4.69, 9.17) is 14.9 Å². The van der Waals surface area contributed by atoms with Gasteiger partial charge in [0.1, 0.15) is 11.4 Å². The van der Waals surface area contributed by atoms with Gasteiger partial charge < -0.3 is 4.74 Å². The lowest BCUT2D eigenvalue weighted by Gasteiger charge is -2.30. The van der Waals surface area contributed by atoms with Crippen LogP contribution in [-0.4, -0.2) is 54.8 Å². The van der Waals surface area contributed by atoms with Gasteiger partial charge in [-0.15, -0.1) is 0 Å². The molecule has 204 valence electrons. The van der Waals surface area contributed by atoms with Crippen molar-refractivity contribution in [2.24, 2.45) is 5.14 Å². The molecule has 0 spiro atoms. The maximum atomic E-state index is 12.6. The van der Waals surface area contributed by atoms with E-state index >= 15 is 0 Å². The van der Waals surface area contributed by atoms with E-state index < -0.39 is 9.71 Å². The van der Waals surface area contributed by atoms with Gasteiger partial charge >= 0.3 is 0 Å². The number of rotatable bonds is 7. The SMILES string of the molecule is C=S(N)(=O)c1ccc(-c2cnn3cc(-c4ccc(OC5(CN6CCCCC6)CC5)cc4)cnc23)c2ccccc12. The maximum Gasteiger partial charge on any atom is 0.162 e.